The lowest BCUT2D eigenvalue weighted by molar-refractivity contribution is 0.0946. The fourth-order valence-corrected chi connectivity index (χ4v) is 2.56. The lowest BCUT2D eigenvalue weighted by Crippen LogP contribution is -2.23. The Bertz CT molecular complexity index is 919. The first kappa shape index (κ1) is 19.4. The quantitative estimate of drug-likeness (QED) is 0.641. The molecule has 2 aromatic carbocycles. The summed E-state index contributed by atoms with van der Waals surface area (Å²) in [4.78, 5) is 16.7. The number of rotatable bonds is 8. The third-order valence-electron chi connectivity index (χ3n) is 3.81. The van der Waals surface area contributed by atoms with Crippen molar-refractivity contribution in [3.63, 3.8) is 0 Å². The molecule has 0 bridgehead atoms. The van der Waals surface area contributed by atoms with Gasteiger partial charge in [0.2, 0.25) is 11.7 Å². The van der Waals surface area contributed by atoms with Crippen molar-refractivity contribution in [3.8, 4) is 11.5 Å². The van der Waals surface area contributed by atoms with Crippen molar-refractivity contribution in [2.75, 3.05) is 0 Å². The number of benzene rings is 2. The molecule has 7 heteroatoms. The average molecular weight is 381 g/mol. The smallest absolute Gasteiger partial charge is 0.255 e. The van der Waals surface area contributed by atoms with Gasteiger partial charge >= 0.3 is 0 Å². The Kier molecular flexibility index (Phi) is 6.26. The summed E-state index contributed by atoms with van der Waals surface area (Å²) in [5.41, 5.74) is 1.42. The van der Waals surface area contributed by atoms with Crippen molar-refractivity contribution in [2.45, 2.75) is 40.0 Å². The highest BCUT2D eigenvalue weighted by molar-refractivity contribution is 5.96. The van der Waals surface area contributed by atoms with Gasteiger partial charge in [0.25, 0.3) is 5.91 Å². The molecule has 1 amide bonds. The van der Waals surface area contributed by atoms with Crippen molar-refractivity contribution in [3.05, 3.63) is 71.4 Å². The van der Waals surface area contributed by atoms with Gasteiger partial charge in [0.15, 0.2) is 6.61 Å². The van der Waals surface area contributed by atoms with Gasteiger partial charge < -0.3 is 19.3 Å². The van der Waals surface area contributed by atoms with Crippen LogP contribution in [0.4, 0.5) is 0 Å². The van der Waals surface area contributed by atoms with E-state index in [1.165, 1.54) is 0 Å². The monoisotopic (exact) mass is 381 g/mol. The van der Waals surface area contributed by atoms with Gasteiger partial charge in [-0.05, 0) is 43.7 Å². The Morgan fingerprint density at radius 3 is 2.57 bits per heavy atom. The Balaban J connectivity index is 1.59. The molecule has 0 saturated heterocycles. The van der Waals surface area contributed by atoms with Crippen molar-refractivity contribution in [1.29, 1.82) is 0 Å². The fraction of sp³-hybridized carbons (Fsp3) is 0.286. The third-order valence-corrected chi connectivity index (χ3v) is 3.81. The fourth-order valence-electron chi connectivity index (χ4n) is 2.56. The van der Waals surface area contributed by atoms with Crippen LogP contribution >= 0.6 is 0 Å². The van der Waals surface area contributed by atoms with Crippen LogP contribution in [0.3, 0.4) is 0 Å². The van der Waals surface area contributed by atoms with Crippen molar-refractivity contribution >= 4 is 5.91 Å². The molecule has 3 rings (SSSR count). The molecule has 0 aliphatic carbocycles. The van der Waals surface area contributed by atoms with E-state index in [1.54, 1.807) is 31.2 Å². The molecule has 0 unspecified atom stereocenters. The van der Waals surface area contributed by atoms with E-state index in [2.05, 4.69) is 15.5 Å². The zero-order valence-corrected chi connectivity index (χ0v) is 16.1. The summed E-state index contributed by atoms with van der Waals surface area (Å²) in [5.74, 6) is 1.94. The first-order valence-corrected chi connectivity index (χ1v) is 9.06. The second-order valence-electron chi connectivity index (χ2n) is 6.51. The molecule has 146 valence electrons. The summed E-state index contributed by atoms with van der Waals surface area (Å²) < 4.78 is 16.2. The van der Waals surface area contributed by atoms with E-state index in [1.807, 2.05) is 38.1 Å². The number of amides is 1. The van der Waals surface area contributed by atoms with Gasteiger partial charge in [0, 0.05) is 13.5 Å². The number of para-hydroxylation sites is 1. The van der Waals surface area contributed by atoms with E-state index in [0.29, 0.717) is 29.6 Å². The maximum Gasteiger partial charge on any atom is 0.255 e. The molecule has 0 atom stereocenters. The van der Waals surface area contributed by atoms with Crippen LogP contribution in [0.25, 0.3) is 0 Å². The maximum atomic E-state index is 12.6. The highest BCUT2D eigenvalue weighted by Crippen LogP contribution is 2.19. The second kappa shape index (κ2) is 9.03. The predicted molar refractivity (Wildman–Crippen MR) is 103 cm³/mol. The molecule has 1 aromatic heterocycles. The minimum absolute atomic E-state index is 0.124. The van der Waals surface area contributed by atoms with Crippen LogP contribution < -0.4 is 14.8 Å². The van der Waals surface area contributed by atoms with E-state index in [-0.39, 0.29) is 18.6 Å². The largest absolute Gasteiger partial charge is 0.491 e. The van der Waals surface area contributed by atoms with Gasteiger partial charge in [-0.15, -0.1) is 0 Å². The van der Waals surface area contributed by atoms with E-state index >= 15 is 0 Å². The van der Waals surface area contributed by atoms with Crippen molar-refractivity contribution in [1.82, 2.24) is 15.5 Å². The van der Waals surface area contributed by atoms with Crippen LogP contribution in [-0.2, 0) is 13.2 Å². The summed E-state index contributed by atoms with van der Waals surface area (Å²) in [6, 6.07) is 14.7. The summed E-state index contributed by atoms with van der Waals surface area (Å²) in [6.07, 6.45) is 0.124. The first-order valence-electron chi connectivity index (χ1n) is 9.06. The number of aryl methyl sites for hydroxylation is 1. The zero-order valence-electron chi connectivity index (χ0n) is 16.1. The van der Waals surface area contributed by atoms with Gasteiger partial charge in [-0.2, -0.15) is 4.98 Å². The Morgan fingerprint density at radius 2 is 1.89 bits per heavy atom. The lowest BCUT2D eigenvalue weighted by atomic mass is 10.1. The molecule has 1 N–H and O–H groups in total. The van der Waals surface area contributed by atoms with Gasteiger partial charge in [-0.1, -0.05) is 29.4 Å². The summed E-state index contributed by atoms with van der Waals surface area (Å²) in [6.45, 7) is 6.19. The molecule has 0 spiro atoms. The highest BCUT2D eigenvalue weighted by Gasteiger charge is 2.13. The summed E-state index contributed by atoms with van der Waals surface area (Å²) in [5, 5.41) is 6.69. The topological polar surface area (TPSA) is 86.5 Å². The number of aromatic nitrogens is 2. The number of ether oxygens (including phenoxy) is 2. The van der Waals surface area contributed by atoms with Crippen LogP contribution in [0.1, 0.15) is 41.5 Å². The molecular weight excluding hydrogens is 358 g/mol. The highest BCUT2D eigenvalue weighted by atomic mass is 16.5. The van der Waals surface area contributed by atoms with Crippen LogP contribution in [0, 0.1) is 6.92 Å². The van der Waals surface area contributed by atoms with Crippen LogP contribution in [-0.4, -0.2) is 22.2 Å². The normalized spacial score (nSPS) is 10.7. The summed E-state index contributed by atoms with van der Waals surface area (Å²) >= 11 is 0. The molecule has 0 aliphatic rings. The number of carbonyl (C=O) groups is 1. The maximum absolute atomic E-state index is 12.6. The van der Waals surface area contributed by atoms with Crippen LogP contribution in [0.2, 0.25) is 0 Å². The van der Waals surface area contributed by atoms with E-state index in [4.69, 9.17) is 14.0 Å². The number of nitrogens with zero attached hydrogens (tertiary/aromatic N) is 2. The van der Waals surface area contributed by atoms with Crippen molar-refractivity contribution < 1.29 is 18.8 Å². The van der Waals surface area contributed by atoms with E-state index in [9.17, 15) is 4.79 Å². The average Bonchev–Trinajstić information content (AvgIpc) is 3.10. The Hall–Kier alpha value is -3.35. The van der Waals surface area contributed by atoms with Gasteiger partial charge in [-0.3, -0.25) is 4.79 Å². The van der Waals surface area contributed by atoms with Gasteiger partial charge in [-0.25, -0.2) is 0 Å². The Morgan fingerprint density at radius 1 is 1.14 bits per heavy atom. The third kappa shape index (κ3) is 5.33. The standard InChI is InChI=1S/C21H23N3O4/c1-14(2)27-17-10-8-16(9-11-17)12-22-21(25)18-6-4-5-7-19(18)26-13-20-23-15(3)28-24-20/h4-11,14H,12-13H2,1-3H3,(H,22,25). The number of nitrogens with one attached hydrogen (secondary N) is 1. The molecule has 28 heavy (non-hydrogen) atoms. The SMILES string of the molecule is Cc1nc(COc2ccccc2C(=O)NCc2ccc(OC(C)C)cc2)no1. The molecule has 0 aliphatic heterocycles. The number of hydrogen-bond donors (Lipinski definition) is 1. The minimum Gasteiger partial charge on any atom is -0.491 e. The molecular formula is C21H23N3O4. The van der Waals surface area contributed by atoms with E-state index < -0.39 is 0 Å². The number of carbonyl (C=O) groups excluding carboxylic acids is 1. The molecule has 0 radical (unpaired) electrons. The van der Waals surface area contributed by atoms with E-state index in [0.717, 1.165) is 11.3 Å². The second-order valence-corrected chi connectivity index (χ2v) is 6.51. The number of hydrogen-bond acceptors (Lipinski definition) is 6. The zero-order chi connectivity index (χ0) is 19.9. The molecule has 3 aromatic rings. The molecule has 1 heterocycles. The Labute approximate surface area is 163 Å². The molecule has 7 nitrogen and oxygen atoms in total. The van der Waals surface area contributed by atoms with Crippen LogP contribution in [0.5, 0.6) is 11.5 Å². The van der Waals surface area contributed by atoms with Gasteiger partial charge in [0.05, 0.1) is 11.7 Å². The lowest BCUT2D eigenvalue weighted by Gasteiger charge is -2.12. The molecule has 0 fully saturated rings. The first-order chi connectivity index (χ1) is 13.5. The summed E-state index contributed by atoms with van der Waals surface area (Å²) in [7, 11) is 0. The predicted octanol–water partition coefficient (Wildman–Crippen LogP) is 3.67. The van der Waals surface area contributed by atoms with Gasteiger partial charge in [0.1, 0.15) is 11.5 Å². The van der Waals surface area contributed by atoms with Crippen LogP contribution in [0.15, 0.2) is 53.1 Å². The minimum atomic E-state index is -0.220. The van der Waals surface area contributed by atoms with Crippen molar-refractivity contribution in [2.24, 2.45) is 0 Å². The molecule has 0 saturated carbocycles.